The summed E-state index contributed by atoms with van der Waals surface area (Å²) in [6, 6.07) is 2.16. The van der Waals surface area contributed by atoms with Crippen molar-refractivity contribution in [1.29, 1.82) is 0 Å². The van der Waals surface area contributed by atoms with Gasteiger partial charge in [0.1, 0.15) is 0 Å². The van der Waals surface area contributed by atoms with Crippen LogP contribution < -0.4 is 0 Å². The van der Waals surface area contributed by atoms with E-state index >= 15 is 0 Å². The molecule has 0 aromatic carbocycles. The molecule has 1 aliphatic rings. The van der Waals surface area contributed by atoms with E-state index in [1.165, 1.54) is 49.9 Å². The van der Waals surface area contributed by atoms with Crippen LogP contribution in [-0.2, 0) is 22.5 Å². The number of hydrogen-bond acceptors (Lipinski definition) is 2. The van der Waals surface area contributed by atoms with Gasteiger partial charge in [-0.15, -0.1) is 0 Å². The first-order chi connectivity index (χ1) is 10.1. The molecule has 1 fully saturated rings. The average Bonchev–Trinajstić information content (AvgIpc) is 2.65. The molecule has 0 spiro atoms. The first-order valence-corrected chi connectivity index (χ1v) is 8.43. The van der Waals surface area contributed by atoms with E-state index in [0.29, 0.717) is 13.0 Å². The van der Waals surface area contributed by atoms with Crippen molar-refractivity contribution in [3.63, 3.8) is 0 Å². The number of hydrogen-bond donors (Lipinski definition) is 0. The maximum absolute atomic E-state index is 11.7. The normalized spacial score (nSPS) is 16.7. The van der Waals surface area contributed by atoms with Crippen molar-refractivity contribution in [1.82, 2.24) is 4.57 Å². The van der Waals surface area contributed by atoms with E-state index in [-0.39, 0.29) is 5.97 Å². The monoisotopic (exact) mass is 291 g/mol. The third-order valence-electron chi connectivity index (χ3n) is 4.73. The van der Waals surface area contributed by atoms with Crippen LogP contribution in [0.15, 0.2) is 6.07 Å². The van der Waals surface area contributed by atoms with E-state index in [1.807, 2.05) is 6.92 Å². The number of ether oxygens (including phenoxy) is 1. The third-order valence-corrected chi connectivity index (χ3v) is 4.73. The van der Waals surface area contributed by atoms with Gasteiger partial charge < -0.3 is 9.30 Å². The number of aryl methyl sites for hydroxylation is 1. The second-order valence-corrected chi connectivity index (χ2v) is 6.35. The van der Waals surface area contributed by atoms with Gasteiger partial charge in [0.2, 0.25) is 0 Å². The maximum atomic E-state index is 11.7. The molecule has 0 aliphatic heterocycles. The number of carbonyl (C=O) groups excluding carboxylic acids is 1. The van der Waals surface area contributed by atoms with Gasteiger partial charge in [-0.05, 0) is 51.2 Å². The second kappa shape index (κ2) is 7.67. The number of aromatic nitrogens is 1. The number of carbonyl (C=O) groups is 1. The van der Waals surface area contributed by atoms with Gasteiger partial charge in [-0.3, -0.25) is 4.79 Å². The molecule has 3 heteroatoms. The van der Waals surface area contributed by atoms with E-state index in [1.54, 1.807) is 0 Å². The molecule has 0 atom stereocenters. The molecule has 0 bridgehead atoms. The topological polar surface area (TPSA) is 31.2 Å². The molecule has 1 aromatic rings. The van der Waals surface area contributed by atoms with Crippen molar-refractivity contribution in [2.75, 3.05) is 6.61 Å². The average molecular weight is 291 g/mol. The summed E-state index contributed by atoms with van der Waals surface area (Å²) in [5, 5.41) is 0. The molecule has 1 saturated carbocycles. The van der Waals surface area contributed by atoms with Crippen molar-refractivity contribution in [3.8, 4) is 0 Å². The minimum atomic E-state index is -0.118. The summed E-state index contributed by atoms with van der Waals surface area (Å²) >= 11 is 0. The molecule has 118 valence electrons. The minimum absolute atomic E-state index is 0.118. The van der Waals surface area contributed by atoms with Crippen molar-refractivity contribution >= 4 is 5.97 Å². The summed E-state index contributed by atoms with van der Waals surface area (Å²) in [7, 11) is 0. The highest BCUT2D eigenvalue weighted by molar-refractivity contribution is 5.73. The van der Waals surface area contributed by atoms with E-state index in [2.05, 4.69) is 24.5 Å². The van der Waals surface area contributed by atoms with E-state index in [0.717, 1.165) is 18.0 Å². The van der Waals surface area contributed by atoms with Gasteiger partial charge in [0.25, 0.3) is 0 Å². The molecule has 0 radical (unpaired) electrons. The van der Waals surface area contributed by atoms with Gasteiger partial charge in [0.05, 0.1) is 13.0 Å². The van der Waals surface area contributed by atoms with Crippen LogP contribution in [-0.4, -0.2) is 17.1 Å². The van der Waals surface area contributed by atoms with Crippen LogP contribution in [0, 0.1) is 19.8 Å². The fraction of sp³-hybridized carbons (Fsp3) is 0.722. The van der Waals surface area contributed by atoms with Crippen molar-refractivity contribution < 1.29 is 9.53 Å². The molecule has 3 nitrogen and oxygen atoms in total. The van der Waals surface area contributed by atoms with Crippen molar-refractivity contribution in [2.45, 2.75) is 72.3 Å². The van der Waals surface area contributed by atoms with E-state index in [4.69, 9.17) is 4.74 Å². The SMILES string of the molecule is CCOC(=O)Cc1cc(C)n(CC2CCCCCC2)c1C. The van der Waals surface area contributed by atoms with Crippen LogP contribution in [0.25, 0.3) is 0 Å². The first-order valence-electron chi connectivity index (χ1n) is 8.43. The van der Waals surface area contributed by atoms with E-state index < -0.39 is 0 Å². The number of rotatable bonds is 5. The Morgan fingerprint density at radius 3 is 2.52 bits per heavy atom. The predicted octanol–water partition coefficient (Wildman–Crippen LogP) is 4.18. The Morgan fingerprint density at radius 2 is 1.90 bits per heavy atom. The summed E-state index contributed by atoms with van der Waals surface area (Å²) < 4.78 is 7.48. The molecule has 0 N–H and O–H groups in total. The van der Waals surface area contributed by atoms with Gasteiger partial charge in [-0.1, -0.05) is 25.7 Å². The lowest BCUT2D eigenvalue weighted by atomic mass is 10.0. The maximum Gasteiger partial charge on any atom is 0.310 e. The van der Waals surface area contributed by atoms with Gasteiger partial charge in [-0.2, -0.15) is 0 Å². The Balaban J connectivity index is 2.05. The molecule has 2 rings (SSSR count). The minimum Gasteiger partial charge on any atom is -0.466 e. The van der Waals surface area contributed by atoms with Crippen LogP contribution in [0.4, 0.5) is 0 Å². The highest BCUT2D eigenvalue weighted by Gasteiger charge is 2.17. The summed E-state index contributed by atoms with van der Waals surface area (Å²) in [6.07, 6.45) is 8.65. The zero-order chi connectivity index (χ0) is 15.2. The van der Waals surface area contributed by atoms with Crippen LogP contribution >= 0.6 is 0 Å². The van der Waals surface area contributed by atoms with Crippen molar-refractivity contribution in [3.05, 3.63) is 23.0 Å². The number of esters is 1. The molecule has 0 amide bonds. The molecular weight excluding hydrogens is 262 g/mol. The van der Waals surface area contributed by atoms with Crippen LogP contribution in [0.1, 0.15) is 62.4 Å². The highest BCUT2D eigenvalue weighted by atomic mass is 16.5. The van der Waals surface area contributed by atoms with Gasteiger partial charge >= 0.3 is 5.97 Å². The quantitative estimate of drug-likeness (QED) is 0.602. The Bertz CT molecular complexity index is 468. The van der Waals surface area contributed by atoms with Crippen LogP contribution in [0.5, 0.6) is 0 Å². The fourth-order valence-electron chi connectivity index (χ4n) is 3.50. The summed E-state index contributed by atoms with van der Waals surface area (Å²) in [4.78, 5) is 11.7. The van der Waals surface area contributed by atoms with E-state index in [9.17, 15) is 4.79 Å². The first kappa shape index (κ1) is 16.1. The van der Waals surface area contributed by atoms with Gasteiger partial charge in [0, 0.05) is 17.9 Å². The molecular formula is C18H29NO2. The number of nitrogens with zero attached hydrogens (tertiary/aromatic N) is 1. The van der Waals surface area contributed by atoms with Crippen LogP contribution in [0.3, 0.4) is 0 Å². The largest absolute Gasteiger partial charge is 0.466 e. The molecule has 1 heterocycles. The Kier molecular flexibility index (Phi) is 5.89. The Hall–Kier alpha value is -1.25. The highest BCUT2D eigenvalue weighted by Crippen LogP contribution is 2.26. The van der Waals surface area contributed by atoms with Crippen molar-refractivity contribution in [2.24, 2.45) is 5.92 Å². The zero-order valence-corrected chi connectivity index (χ0v) is 13.8. The summed E-state index contributed by atoms with van der Waals surface area (Å²) in [5.41, 5.74) is 3.64. The van der Waals surface area contributed by atoms with Gasteiger partial charge in [0.15, 0.2) is 0 Å². The molecule has 21 heavy (non-hydrogen) atoms. The summed E-state index contributed by atoms with van der Waals surface area (Å²) in [5.74, 6) is 0.681. The Labute approximate surface area is 128 Å². The Morgan fingerprint density at radius 1 is 1.24 bits per heavy atom. The molecule has 0 unspecified atom stereocenters. The standard InChI is InChI=1S/C18H29NO2/c1-4-21-18(20)12-17-11-14(2)19(15(17)3)13-16-9-7-5-6-8-10-16/h11,16H,4-10,12-13H2,1-3H3. The second-order valence-electron chi connectivity index (χ2n) is 6.35. The lowest BCUT2D eigenvalue weighted by Crippen LogP contribution is -2.13. The zero-order valence-electron chi connectivity index (χ0n) is 13.8. The fourth-order valence-corrected chi connectivity index (χ4v) is 3.50. The molecule has 1 aliphatic carbocycles. The lowest BCUT2D eigenvalue weighted by molar-refractivity contribution is -0.142. The summed E-state index contributed by atoms with van der Waals surface area (Å²) in [6.45, 7) is 7.71. The predicted molar refractivity (Wildman–Crippen MR) is 85.4 cm³/mol. The lowest BCUT2D eigenvalue weighted by Gasteiger charge is -2.18. The third kappa shape index (κ3) is 4.36. The van der Waals surface area contributed by atoms with Crippen LogP contribution in [0.2, 0.25) is 0 Å². The van der Waals surface area contributed by atoms with Gasteiger partial charge in [-0.25, -0.2) is 0 Å². The molecule has 1 aromatic heterocycles. The molecule has 0 saturated heterocycles. The smallest absolute Gasteiger partial charge is 0.310 e.